The summed E-state index contributed by atoms with van der Waals surface area (Å²) in [4.78, 5) is 34.7. The number of fused-ring (bicyclic) bond motifs is 1. The first-order chi connectivity index (χ1) is 16.0. The average molecular weight is 464 g/mol. The van der Waals surface area contributed by atoms with Crippen molar-refractivity contribution in [2.75, 3.05) is 23.3 Å². The molecular weight excluding hydrogens is 442 g/mol. The second kappa shape index (κ2) is 8.62. The van der Waals surface area contributed by atoms with Crippen LogP contribution in [0.1, 0.15) is 18.4 Å². The maximum absolute atomic E-state index is 12.8. The molecule has 10 heteroatoms. The van der Waals surface area contributed by atoms with Crippen LogP contribution < -0.4 is 10.2 Å². The van der Waals surface area contributed by atoms with Gasteiger partial charge in [0.25, 0.3) is 11.7 Å². The number of thiazole rings is 1. The van der Waals surface area contributed by atoms with Gasteiger partial charge in [0.1, 0.15) is 5.52 Å². The molecule has 0 saturated carbocycles. The third-order valence-corrected chi connectivity index (χ3v) is 6.61. The quantitative estimate of drug-likeness (QED) is 0.326. The maximum Gasteiger partial charge on any atom is 0.298 e. The standard InChI is InChI=1S/C23H21N5O4S/c1-14-6-7-16(12-19(14)28(30)31)18-13-33-22(24-18)26-21(29)15-8-10-27(11-9-15)23-25-17-4-2-3-5-20(17)32-23/h2-7,12-13,15H,8-11H2,1H3,(H,24,26,29). The van der Waals surface area contributed by atoms with E-state index in [4.69, 9.17) is 4.42 Å². The fraction of sp³-hybridized carbons (Fsp3) is 0.261. The molecule has 168 valence electrons. The number of piperidine rings is 1. The van der Waals surface area contributed by atoms with Gasteiger partial charge in [0.2, 0.25) is 5.91 Å². The van der Waals surface area contributed by atoms with Crippen molar-refractivity contribution in [2.45, 2.75) is 19.8 Å². The molecule has 0 unspecified atom stereocenters. The minimum Gasteiger partial charge on any atom is -0.423 e. The molecule has 1 aliphatic heterocycles. The van der Waals surface area contributed by atoms with E-state index < -0.39 is 4.92 Å². The van der Waals surface area contributed by atoms with Crippen molar-refractivity contribution in [3.05, 3.63) is 63.5 Å². The van der Waals surface area contributed by atoms with Gasteiger partial charge in [-0.2, -0.15) is 4.98 Å². The lowest BCUT2D eigenvalue weighted by Gasteiger charge is -2.29. The molecule has 1 N–H and O–H groups in total. The Kier molecular flexibility index (Phi) is 5.51. The fourth-order valence-corrected chi connectivity index (χ4v) is 4.69. The summed E-state index contributed by atoms with van der Waals surface area (Å²) < 4.78 is 5.84. The topological polar surface area (TPSA) is 114 Å². The van der Waals surface area contributed by atoms with Gasteiger partial charge in [0, 0.05) is 41.6 Å². The molecular formula is C23H21N5O4S. The number of aryl methyl sites for hydroxylation is 1. The summed E-state index contributed by atoms with van der Waals surface area (Å²) in [6.45, 7) is 3.06. The highest BCUT2D eigenvalue weighted by Crippen LogP contribution is 2.31. The number of hydrogen-bond donors (Lipinski definition) is 1. The van der Waals surface area contributed by atoms with Crippen LogP contribution in [-0.4, -0.2) is 33.9 Å². The van der Waals surface area contributed by atoms with E-state index in [2.05, 4.69) is 20.2 Å². The van der Waals surface area contributed by atoms with Crippen LogP contribution in [0.25, 0.3) is 22.4 Å². The third-order valence-electron chi connectivity index (χ3n) is 5.85. The van der Waals surface area contributed by atoms with Gasteiger partial charge < -0.3 is 14.6 Å². The van der Waals surface area contributed by atoms with E-state index in [9.17, 15) is 14.9 Å². The van der Waals surface area contributed by atoms with Gasteiger partial charge in [-0.3, -0.25) is 14.9 Å². The molecule has 0 spiro atoms. The Bertz CT molecular complexity index is 1310. The molecule has 0 radical (unpaired) electrons. The number of oxazole rings is 1. The largest absolute Gasteiger partial charge is 0.423 e. The number of anilines is 2. The van der Waals surface area contributed by atoms with E-state index in [1.807, 2.05) is 24.3 Å². The second-order valence-corrected chi connectivity index (χ2v) is 8.87. The van der Waals surface area contributed by atoms with Crippen molar-refractivity contribution in [2.24, 2.45) is 5.92 Å². The van der Waals surface area contributed by atoms with Crippen LogP contribution in [0.5, 0.6) is 0 Å². The van der Waals surface area contributed by atoms with Crippen LogP contribution in [0.4, 0.5) is 16.8 Å². The fourth-order valence-electron chi connectivity index (χ4n) is 3.96. The number of para-hydroxylation sites is 2. The normalized spacial score (nSPS) is 14.5. The predicted molar refractivity (Wildman–Crippen MR) is 127 cm³/mol. The molecule has 0 aliphatic carbocycles. The Morgan fingerprint density at radius 3 is 2.76 bits per heavy atom. The van der Waals surface area contributed by atoms with Crippen molar-refractivity contribution in [3.63, 3.8) is 0 Å². The van der Waals surface area contributed by atoms with E-state index in [0.29, 0.717) is 53.9 Å². The number of nitrogens with zero attached hydrogens (tertiary/aromatic N) is 4. The predicted octanol–water partition coefficient (Wildman–Crippen LogP) is 5.02. The average Bonchev–Trinajstić information content (AvgIpc) is 3.46. The molecule has 2 aromatic carbocycles. The number of carbonyl (C=O) groups excluding carboxylic acids is 1. The molecule has 9 nitrogen and oxygen atoms in total. The molecule has 0 atom stereocenters. The van der Waals surface area contributed by atoms with Crippen LogP contribution >= 0.6 is 11.3 Å². The summed E-state index contributed by atoms with van der Waals surface area (Å²) in [6, 6.07) is 13.3. The number of benzene rings is 2. The first-order valence-corrected chi connectivity index (χ1v) is 11.5. The number of nitrogens with one attached hydrogen (secondary N) is 1. The van der Waals surface area contributed by atoms with Crippen molar-refractivity contribution in [1.82, 2.24) is 9.97 Å². The highest BCUT2D eigenvalue weighted by molar-refractivity contribution is 7.14. The molecule has 1 aliphatic rings. The smallest absolute Gasteiger partial charge is 0.298 e. The Morgan fingerprint density at radius 1 is 1.21 bits per heavy atom. The lowest BCUT2D eigenvalue weighted by atomic mass is 9.96. The minimum absolute atomic E-state index is 0.0526. The van der Waals surface area contributed by atoms with Crippen LogP contribution in [0, 0.1) is 23.0 Å². The first-order valence-electron chi connectivity index (χ1n) is 10.6. The van der Waals surface area contributed by atoms with Crippen LogP contribution in [0.15, 0.2) is 52.3 Å². The molecule has 33 heavy (non-hydrogen) atoms. The molecule has 2 aromatic heterocycles. The molecule has 1 amide bonds. The summed E-state index contributed by atoms with van der Waals surface area (Å²) >= 11 is 1.31. The molecule has 5 rings (SSSR count). The highest BCUT2D eigenvalue weighted by Gasteiger charge is 2.28. The van der Waals surface area contributed by atoms with Gasteiger partial charge in [-0.25, -0.2) is 4.98 Å². The molecule has 3 heterocycles. The van der Waals surface area contributed by atoms with Crippen molar-refractivity contribution in [1.29, 1.82) is 0 Å². The Balaban J connectivity index is 1.21. The van der Waals surface area contributed by atoms with Gasteiger partial charge in [0.05, 0.1) is 10.6 Å². The molecule has 4 aromatic rings. The number of rotatable bonds is 5. The number of hydrogen-bond acceptors (Lipinski definition) is 8. The molecule has 0 bridgehead atoms. The lowest BCUT2D eigenvalue weighted by molar-refractivity contribution is -0.385. The zero-order valence-corrected chi connectivity index (χ0v) is 18.7. The van der Waals surface area contributed by atoms with E-state index in [1.54, 1.807) is 24.4 Å². The van der Waals surface area contributed by atoms with Crippen LogP contribution in [0.3, 0.4) is 0 Å². The van der Waals surface area contributed by atoms with E-state index in [1.165, 1.54) is 17.4 Å². The van der Waals surface area contributed by atoms with Gasteiger partial charge in [-0.1, -0.05) is 24.3 Å². The number of nitro groups is 1. The Labute approximate surface area is 193 Å². The second-order valence-electron chi connectivity index (χ2n) is 8.01. The molecule has 1 saturated heterocycles. The lowest BCUT2D eigenvalue weighted by Crippen LogP contribution is -2.38. The van der Waals surface area contributed by atoms with E-state index in [-0.39, 0.29) is 17.5 Å². The summed E-state index contributed by atoms with van der Waals surface area (Å²) in [5.41, 5.74) is 3.48. The summed E-state index contributed by atoms with van der Waals surface area (Å²) in [5, 5.41) is 16.4. The van der Waals surface area contributed by atoms with Gasteiger partial charge >= 0.3 is 0 Å². The van der Waals surface area contributed by atoms with Crippen LogP contribution in [0.2, 0.25) is 0 Å². The monoisotopic (exact) mass is 463 g/mol. The van der Waals surface area contributed by atoms with E-state index >= 15 is 0 Å². The summed E-state index contributed by atoms with van der Waals surface area (Å²) in [5.74, 6) is -0.193. The van der Waals surface area contributed by atoms with Crippen LogP contribution in [-0.2, 0) is 4.79 Å². The van der Waals surface area contributed by atoms with E-state index in [0.717, 1.165) is 11.1 Å². The highest BCUT2D eigenvalue weighted by atomic mass is 32.1. The zero-order chi connectivity index (χ0) is 22.9. The summed E-state index contributed by atoms with van der Waals surface area (Å²) in [6.07, 6.45) is 1.37. The number of nitro benzene ring substituents is 1. The Morgan fingerprint density at radius 2 is 2.00 bits per heavy atom. The minimum atomic E-state index is -0.402. The van der Waals surface area contributed by atoms with Crippen molar-refractivity contribution >= 4 is 45.2 Å². The van der Waals surface area contributed by atoms with Gasteiger partial charge in [-0.15, -0.1) is 11.3 Å². The first kappa shape index (κ1) is 21.1. The number of aromatic nitrogens is 2. The zero-order valence-electron chi connectivity index (χ0n) is 17.9. The molecule has 1 fully saturated rings. The number of carbonyl (C=O) groups is 1. The number of amides is 1. The summed E-state index contributed by atoms with van der Waals surface area (Å²) in [7, 11) is 0. The maximum atomic E-state index is 12.8. The van der Waals surface area contributed by atoms with Crippen molar-refractivity contribution < 1.29 is 14.1 Å². The third kappa shape index (κ3) is 4.29. The Hall–Kier alpha value is -3.79. The SMILES string of the molecule is Cc1ccc(-c2csc(NC(=O)C3CCN(c4nc5ccccc5o4)CC3)n2)cc1[N+](=O)[O-]. The van der Waals surface area contributed by atoms with Gasteiger partial charge in [-0.05, 0) is 31.9 Å². The van der Waals surface area contributed by atoms with Gasteiger partial charge in [0.15, 0.2) is 10.7 Å². The van der Waals surface area contributed by atoms with Crippen molar-refractivity contribution in [3.8, 4) is 11.3 Å².